The number of nitriles is 1. The van der Waals surface area contributed by atoms with Gasteiger partial charge in [0.15, 0.2) is 0 Å². The summed E-state index contributed by atoms with van der Waals surface area (Å²) in [6.45, 7) is 18.4. The summed E-state index contributed by atoms with van der Waals surface area (Å²) in [5.41, 5.74) is 4.09. The van der Waals surface area contributed by atoms with Gasteiger partial charge in [-0.05, 0) is 54.2 Å². The minimum Gasteiger partial charge on any atom is -0.489 e. The number of ether oxygens (including phenoxy) is 2. The number of hydrogen-bond acceptors (Lipinski definition) is 13. The zero-order valence-electron chi connectivity index (χ0n) is 41.1. The van der Waals surface area contributed by atoms with Crippen LogP contribution >= 0.6 is 22.9 Å². The molecule has 18 heteroatoms. The average Bonchev–Trinajstić information content (AvgIpc) is 4.14. The standard InChI is InChI=1S/C52H64ClN9O7S/c1-30-43(70-29-57-30)32-11-9-31(10-12-32)23-56-46(66)40-20-37(63)27-62(40)47(67)44(50(2,3)4)58-42(64)28-68-18-17-60-25-36-19-35(60)26-61(36)41-16-14-34(24-55-41)45(65)59-48-51(5,6)49(52(48,7)8)69-38-15-13-33(22-54)39(53)21-38/h9-16,21,24,29,35-37,40,44,48-49,63H,17-20,23,25-28H2,1-8H3,(H,56,66)(H,58,64)(H,59,65)/t35-,36-,37-,40+,44?,48-,49-/m1/s1. The predicted octanol–water partition coefficient (Wildman–Crippen LogP) is 5.74. The average molecular weight is 995 g/mol. The number of carbonyl (C=O) groups excluding carboxylic acids is 4. The number of carbonyl (C=O) groups is 4. The van der Waals surface area contributed by atoms with Crippen LogP contribution in [0.1, 0.15) is 88.5 Å². The number of fused-ring (bicyclic) bond motifs is 2. The number of nitrogens with one attached hydrogen (secondary N) is 3. The van der Waals surface area contributed by atoms with Crippen molar-refractivity contribution in [3.8, 4) is 22.3 Å². The fourth-order valence-corrected chi connectivity index (χ4v) is 12.2. The van der Waals surface area contributed by atoms with Crippen molar-refractivity contribution in [3.05, 3.63) is 93.7 Å². The lowest BCUT2D eigenvalue weighted by Gasteiger charge is -2.63. The summed E-state index contributed by atoms with van der Waals surface area (Å²) in [7, 11) is 0. The molecule has 5 heterocycles. The Balaban J connectivity index is 0.767. The largest absolute Gasteiger partial charge is 0.489 e. The zero-order valence-corrected chi connectivity index (χ0v) is 42.7. The van der Waals surface area contributed by atoms with E-state index in [4.69, 9.17) is 26.1 Å². The number of aromatic nitrogens is 2. The lowest BCUT2D eigenvalue weighted by molar-refractivity contribution is -0.164. The van der Waals surface area contributed by atoms with Crippen LogP contribution < -0.4 is 25.6 Å². The van der Waals surface area contributed by atoms with Crippen LogP contribution in [0.4, 0.5) is 5.82 Å². The van der Waals surface area contributed by atoms with Crippen molar-refractivity contribution in [1.29, 1.82) is 5.26 Å². The van der Waals surface area contributed by atoms with Gasteiger partial charge >= 0.3 is 0 Å². The predicted molar refractivity (Wildman–Crippen MR) is 267 cm³/mol. The Hall–Kier alpha value is -5.64. The third kappa shape index (κ3) is 10.5. The quantitative estimate of drug-likeness (QED) is 0.0994. The molecule has 3 aliphatic heterocycles. The molecule has 16 nitrogen and oxygen atoms in total. The summed E-state index contributed by atoms with van der Waals surface area (Å²) in [5.74, 6) is -0.0425. The Morgan fingerprint density at radius 1 is 0.986 bits per heavy atom. The minimum absolute atomic E-state index is 0.0113. The third-order valence-electron chi connectivity index (χ3n) is 14.6. The number of halogens is 1. The van der Waals surface area contributed by atoms with E-state index >= 15 is 0 Å². The molecule has 4 fully saturated rings. The third-order valence-corrected chi connectivity index (χ3v) is 15.8. The van der Waals surface area contributed by atoms with Gasteiger partial charge in [0, 0.05) is 80.4 Å². The topological polar surface area (TPSA) is 202 Å². The minimum atomic E-state index is -0.956. The highest BCUT2D eigenvalue weighted by Gasteiger charge is 2.64. The fourth-order valence-electron chi connectivity index (χ4n) is 11.1. The Morgan fingerprint density at radius 3 is 2.34 bits per heavy atom. The molecule has 0 radical (unpaired) electrons. The van der Waals surface area contributed by atoms with E-state index in [1.54, 1.807) is 35.7 Å². The van der Waals surface area contributed by atoms with Gasteiger partial charge in [-0.1, -0.05) is 84.3 Å². The Kier molecular flexibility index (Phi) is 14.7. The van der Waals surface area contributed by atoms with Gasteiger partial charge < -0.3 is 40.3 Å². The second-order valence-electron chi connectivity index (χ2n) is 21.4. The molecule has 2 aromatic heterocycles. The molecule has 1 unspecified atom stereocenters. The summed E-state index contributed by atoms with van der Waals surface area (Å²) in [6.07, 6.45) is 1.61. The number of hydrogen-bond donors (Lipinski definition) is 4. The van der Waals surface area contributed by atoms with Gasteiger partial charge in [-0.15, -0.1) is 11.3 Å². The van der Waals surface area contributed by atoms with Crippen molar-refractivity contribution < 1.29 is 33.8 Å². The number of piperazine rings is 1. The van der Waals surface area contributed by atoms with Gasteiger partial charge in [0.2, 0.25) is 17.7 Å². The number of pyridine rings is 1. The van der Waals surface area contributed by atoms with Gasteiger partial charge in [-0.25, -0.2) is 9.97 Å². The second-order valence-corrected chi connectivity index (χ2v) is 22.7. The number of aliphatic hydroxyl groups is 1. The number of thiazole rings is 1. The van der Waals surface area contributed by atoms with Crippen LogP contribution in [0, 0.1) is 34.5 Å². The summed E-state index contributed by atoms with van der Waals surface area (Å²) in [4.78, 5) is 70.6. The Labute approximate surface area is 419 Å². The highest BCUT2D eigenvalue weighted by atomic mass is 35.5. The monoisotopic (exact) mass is 993 g/mol. The SMILES string of the molecule is Cc1ncsc1-c1ccc(CNC(=O)[C@@H]2C[C@@H](O)CN2C(=O)C(NC(=O)COCCN2C[C@H]3C[C@@H]2CN3c2ccc(C(=O)N[C@H]3C(C)(C)[C@H](Oc4ccc(C#N)c(Cl)c4)C3(C)C)cn2)C(C)(C)C)cc1. The first-order chi connectivity index (χ1) is 33.1. The lowest BCUT2D eigenvalue weighted by atomic mass is 9.49. The summed E-state index contributed by atoms with van der Waals surface area (Å²) in [6, 6.07) is 17.2. The number of anilines is 1. The first-order valence-corrected chi connectivity index (χ1v) is 25.2. The maximum atomic E-state index is 14.1. The van der Waals surface area contributed by atoms with Crippen molar-refractivity contribution in [2.75, 3.05) is 44.3 Å². The van der Waals surface area contributed by atoms with Crippen molar-refractivity contribution in [3.63, 3.8) is 0 Å². The van der Waals surface area contributed by atoms with E-state index in [0.717, 1.165) is 47.0 Å². The molecule has 2 bridgehead atoms. The maximum absolute atomic E-state index is 14.1. The molecule has 4 aromatic rings. The molecule has 8 rings (SSSR count). The van der Waals surface area contributed by atoms with Gasteiger partial charge in [0.1, 0.15) is 42.4 Å². The van der Waals surface area contributed by atoms with Gasteiger partial charge in [-0.2, -0.15) is 5.26 Å². The van der Waals surface area contributed by atoms with E-state index in [2.05, 4.69) is 64.5 Å². The van der Waals surface area contributed by atoms with Gasteiger partial charge in [0.05, 0.1) is 44.9 Å². The molecule has 4 amide bonds. The molecule has 3 saturated heterocycles. The van der Waals surface area contributed by atoms with E-state index in [1.807, 2.05) is 69.6 Å². The van der Waals surface area contributed by atoms with Crippen LogP contribution in [0.25, 0.3) is 10.4 Å². The van der Waals surface area contributed by atoms with E-state index in [-0.39, 0.29) is 62.2 Å². The van der Waals surface area contributed by atoms with Gasteiger partial charge in [0.25, 0.3) is 5.91 Å². The number of rotatable bonds is 16. The number of β-amino-alcohol motifs (C(OH)–C–C–N with tert-alkyl or cyclic N) is 1. The van der Waals surface area contributed by atoms with Crippen LogP contribution in [-0.4, -0.2) is 130 Å². The molecule has 4 N–H and O–H groups in total. The number of nitrogens with zero attached hydrogens (tertiary/aromatic N) is 6. The van der Waals surface area contributed by atoms with E-state index in [0.29, 0.717) is 35.1 Å². The van der Waals surface area contributed by atoms with E-state index < -0.39 is 46.2 Å². The molecule has 372 valence electrons. The summed E-state index contributed by atoms with van der Waals surface area (Å²) >= 11 is 7.84. The lowest BCUT2D eigenvalue weighted by Crippen LogP contribution is -2.74. The van der Waals surface area contributed by atoms with Crippen LogP contribution in [0.3, 0.4) is 0 Å². The first-order valence-electron chi connectivity index (χ1n) is 23.9. The molecule has 1 saturated carbocycles. The molecular formula is C52H64ClN9O7S. The van der Waals surface area contributed by atoms with Crippen molar-refractivity contribution in [2.24, 2.45) is 16.2 Å². The second kappa shape index (κ2) is 20.2. The smallest absolute Gasteiger partial charge is 0.253 e. The number of aliphatic hydroxyl groups excluding tert-OH is 1. The number of aryl methyl sites for hydroxylation is 1. The molecule has 2 aromatic carbocycles. The molecule has 70 heavy (non-hydrogen) atoms. The number of benzene rings is 2. The zero-order chi connectivity index (χ0) is 50.3. The van der Waals surface area contributed by atoms with E-state index in [9.17, 15) is 29.5 Å². The molecule has 1 aliphatic carbocycles. The van der Waals surface area contributed by atoms with E-state index in [1.165, 1.54) is 4.90 Å². The normalized spacial score (nSPS) is 23.8. The number of likely N-dealkylation sites (tertiary alicyclic amines) is 2. The molecule has 5 atom stereocenters. The van der Waals surface area contributed by atoms with Crippen molar-refractivity contribution in [2.45, 2.75) is 117 Å². The summed E-state index contributed by atoms with van der Waals surface area (Å²) in [5, 5.41) is 29.3. The van der Waals surface area contributed by atoms with Crippen LogP contribution in [0.2, 0.25) is 5.02 Å². The fraction of sp³-hybridized carbons (Fsp3) is 0.519. The highest BCUT2D eigenvalue weighted by Crippen LogP contribution is 2.55. The number of amides is 4. The first kappa shape index (κ1) is 50.7. The Morgan fingerprint density at radius 2 is 1.73 bits per heavy atom. The maximum Gasteiger partial charge on any atom is 0.253 e. The van der Waals surface area contributed by atoms with Crippen LogP contribution in [0.5, 0.6) is 5.75 Å². The van der Waals surface area contributed by atoms with Crippen LogP contribution in [0.15, 0.2) is 66.3 Å². The van der Waals surface area contributed by atoms with Crippen LogP contribution in [-0.2, 0) is 25.7 Å². The van der Waals surface area contributed by atoms with Crippen molar-refractivity contribution in [1.82, 2.24) is 35.7 Å². The Bertz CT molecular complexity index is 2610. The van der Waals surface area contributed by atoms with Gasteiger partial charge in [-0.3, -0.25) is 24.1 Å². The van der Waals surface area contributed by atoms with Crippen molar-refractivity contribution >= 4 is 52.4 Å². The molecule has 0 spiro atoms. The summed E-state index contributed by atoms with van der Waals surface area (Å²) < 4.78 is 12.2. The molecule has 4 aliphatic rings. The highest BCUT2D eigenvalue weighted by molar-refractivity contribution is 7.13. The molecular weight excluding hydrogens is 930 g/mol.